The lowest BCUT2D eigenvalue weighted by atomic mass is 9.84. The minimum atomic E-state index is -0.925. The number of rotatable bonds is 8. The largest absolute Gasteiger partial charge is 0.481 e. The van der Waals surface area contributed by atoms with Gasteiger partial charge < -0.3 is 25.8 Å². The number of carboxylic acids is 1. The number of fused-ring (bicyclic) bond motifs is 3. The van der Waals surface area contributed by atoms with Crippen LogP contribution in [0.1, 0.15) is 42.7 Å². The van der Waals surface area contributed by atoms with Crippen molar-refractivity contribution in [3.05, 3.63) is 59.7 Å². The minimum absolute atomic E-state index is 0.0833. The van der Waals surface area contributed by atoms with E-state index in [1.54, 1.807) is 0 Å². The summed E-state index contributed by atoms with van der Waals surface area (Å²) in [6, 6.07) is 15.5. The molecule has 35 heavy (non-hydrogen) atoms. The first-order chi connectivity index (χ1) is 16.9. The third-order valence-electron chi connectivity index (χ3n) is 6.61. The number of hydrogen-bond acceptors (Lipinski definition) is 5. The van der Waals surface area contributed by atoms with Crippen molar-refractivity contribution >= 4 is 23.9 Å². The molecule has 0 radical (unpaired) electrons. The lowest BCUT2D eigenvalue weighted by molar-refractivity contribution is -0.144. The van der Waals surface area contributed by atoms with Crippen molar-refractivity contribution in [2.24, 2.45) is 5.92 Å². The van der Waals surface area contributed by atoms with Crippen molar-refractivity contribution in [2.45, 2.75) is 37.6 Å². The maximum Gasteiger partial charge on any atom is 0.407 e. The molecule has 0 unspecified atom stereocenters. The van der Waals surface area contributed by atoms with Crippen molar-refractivity contribution in [1.29, 1.82) is 0 Å². The third kappa shape index (κ3) is 5.79. The summed E-state index contributed by atoms with van der Waals surface area (Å²) in [6.07, 6.45) is 2.07. The van der Waals surface area contributed by atoms with Gasteiger partial charge in [0.15, 0.2) is 0 Å². The van der Waals surface area contributed by atoms with E-state index < -0.39 is 35.8 Å². The van der Waals surface area contributed by atoms with Gasteiger partial charge in [-0.2, -0.15) is 0 Å². The van der Waals surface area contributed by atoms with Crippen LogP contribution in [0.4, 0.5) is 4.79 Å². The fourth-order valence-corrected chi connectivity index (χ4v) is 4.90. The lowest BCUT2D eigenvalue weighted by Crippen LogP contribution is -2.49. The van der Waals surface area contributed by atoms with Crippen molar-refractivity contribution in [1.82, 2.24) is 16.0 Å². The van der Waals surface area contributed by atoms with Gasteiger partial charge in [-0.05, 0) is 35.1 Å². The minimum Gasteiger partial charge on any atom is -0.481 e. The molecule has 4 rings (SSSR count). The molecular weight excluding hydrogens is 450 g/mol. The maximum absolute atomic E-state index is 12.2. The highest BCUT2D eigenvalue weighted by Gasteiger charge is 2.32. The normalized spacial score (nSPS) is 18.6. The number of aliphatic carboxylic acids is 1. The molecule has 2 atom stereocenters. The molecule has 9 heteroatoms. The quantitative estimate of drug-likeness (QED) is 0.459. The molecule has 0 saturated heterocycles. The van der Waals surface area contributed by atoms with Gasteiger partial charge in [0.05, 0.1) is 12.5 Å². The fourth-order valence-electron chi connectivity index (χ4n) is 4.90. The number of carboxylic acid groups (broad SMARTS) is 1. The summed E-state index contributed by atoms with van der Waals surface area (Å²) in [5.41, 5.74) is 4.43. The van der Waals surface area contributed by atoms with E-state index in [0.29, 0.717) is 12.8 Å². The van der Waals surface area contributed by atoms with Crippen molar-refractivity contribution in [3.63, 3.8) is 0 Å². The van der Waals surface area contributed by atoms with Gasteiger partial charge in [0.1, 0.15) is 13.2 Å². The zero-order chi connectivity index (χ0) is 24.8. The zero-order valence-electron chi connectivity index (χ0n) is 19.3. The number of ether oxygens (including phenoxy) is 1. The van der Waals surface area contributed by atoms with E-state index in [0.717, 1.165) is 35.1 Å². The maximum atomic E-state index is 12.2. The molecule has 0 bridgehead atoms. The Bertz CT molecular complexity index is 1070. The standard InChI is InChI=1S/C26H29N3O6/c30-23(27-14-24(31)29-22-12-6-5-11-20(22)25(32)33)13-28-26(34)35-15-21-18-9-3-1-7-16(18)17-8-2-4-10-19(17)21/h1-4,7-10,20-22H,5-6,11-15H2,(H,27,30)(H,28,34)(H,29,31)(H,32,33)/t20-,22+/m1/s1. The Morgan fingerprint density at radius 2 is 1.43 bits per heavy atom. The van der Waals surface area contributed by atoms with Gasteiger partial charge in [-0.3, -0.25) is 14.4 Å². The Morgan fingerprint density at radius 1 is 0.829 bits per heavy atom. The molecule has 9 nitrogen and oxygen atoms in total. The third-order valence-corrected chi connectivity index (χ3v) is 6.61. The van der Waals surface area contributed by atoms with Crippen LogP contribution in [0.2, 0.25) is 0 Å². The van der Waals surface area contributed by atoms with Crippen LogP contribution in [-0.4, -0.2) is 54.7 Å². The highest BCUT2D eigenvalue weighted by molar-refractivity contribution is 5.87. The van der Waals surface area contributed by atoms with Gasteiger partial charge in [0.25, 0.3) is 0 Å². The van der Waals surface area contributed by atoms with Crippen molar-refractivity contribution in [3.8, 4) is 11.1 Å². The predicted molar refractivity (Wildman–Crippen MR) is 128 cm³/mol. The predicted octanol–water partition coefficient (Wildman–Crippen LogP) is 2.40. The molecule has 1 saturated carbocycles. The van der Waals surface area contributed by atoms with Crippen molar-refractivity contribution in [2.75, 3.05) is 19.7 Å². The van der Waals surface area contributed by atoms with E-state index in [9.17, 15) is 24.3 Å². The van der Waals surface area contributed by atoms with E-state index >= 15 is 0 Å². The molecular formula is C26H29N3O6. The van der Waals surface area contributed by atoms with Gasteiger partial charge in [-0.1, -0.05) is 61.4 Å². The Labute approximate surface area is 203 Å². The molecule has 0 aromatic heterocycles. The zero-order valence-corrected chi connectivity index (χ0v) is 19.3. The average molecular weight is 480 g/mol. The molecule has 184 valence electrons. The second-order valence-corrected chi connectivity index (χ2v) is 8.86. The SMILES string of the molecule is O=C(CNC(=O)OCC1c2ccccc2-c2ccccc21)NCC(=O)N[C@H]1CCCC[C@H]1C(=O)O. The molecule has 0 spiro atoms. The highest BCUT2D eigenvalue weighted by atomic mass is 16.5. The van der Waals surface area contributed by atoms with Crippen LogP contribution < -0.4 is 16.0 Å². The summed E-state index contributed by atoms with van der Waals surface area (Å²) in [7, 11) is 0. The first-order valence-corrected chi connectivity index (χ1v) is 11.8. The molecule has 1 fully saturated rings. The van der Waals surface area contributed by atoms with Crippen LogP contribution in [0.5, 0.6) is 0 Å². The Kier molecular flexibility index (Phi) is 7.64. The van der Waals surface area contributed by atoms with E-state index in [-0.39, 0.29) is 25.6 Å². The van der Waals surface area contributed by atoms with Crippen molar-refractivity contribution < 1.29 is 29.0 Å². The molecule has 4 N–H and O–H groups in total. The summed E-state index contributed by atoms with van der Waals surface area (Å²) in [5, 5.41) is 16.8. The van der Waals surface area contributed by atoms with Gasteiger partial charge in [0.2, 0.25) is 11.8 Å². The van der Waals surface area contributed by atoms with Crippen LogP contribution >= 0.6 is 0 Å². The summed E-state index contributed by atoms with van der Waals surface area (Å²) < 4.78 is 5.39. The average Bonchev–Trinajstić information content (AvgIpc) is 3.19. The topological polar surface area (TPSA) is 134 Å². The molecule has 0 aliphatic heterocycles. The first-order valence-electron chi connectivity index (χ1n) is 11.8. The second-order valence-electron chi connectivity index (χ2n) is 8.86. The second kappa shape index (κ2) is 11.0. The molecule has 2 aliphatic rings. The molecule has 2 aromatic carbocycles. The van der Waals surface area contributed by atoms with Gasteiger partial charge >= 0.3 is 12.1 Å². The summed E-state index contributed by atoms with van der Waals surface area (Å²) in [6.45, 7) is -0.505. The van der Waals surface area contributed by atoms with Gasteiger partial charge in [-0.25, -0.2) is 4.79 Å². The van der Waals surface area contributed by atoms with E-state index in [1.165, 1.54) is 0 Å². The molecule has 3 amide bonds. The number of alkyl carbamates (subject to hydrolysis) is 1. The van der Waals surface area contributed by atoms with Gasteiger partial charge in [0, 0.05) is 12.0 Å². The monoisotopic (exact) mass is 479 g/mol. The number of benzene rings is 2. The number of carbonyl (C=O) groups is 4. The first kappa shape index (κ1) is 24.3. The number of hydrogen-bond donors (Lipinski definition) is 4. The number of amides is 3. The number of nitrogens with one attached hydrogen (secondary N) is 3. The van der Waals surface area contributed by atoms with E-state index in [4.69, 9.17) is 4.74 Å². The fraction of sp³-hybridized carbons (Fsp3) is 0.385. The van der Waals surface area contributed by atoms with E-state index in [1.807, 2.05) is 48.5 Å². The Balaban J connectivity index is 1.19. The lowest BCUT2D eigenvalue weighted by Gasteiger charge is -2.29. The summed E-state index contributed by atoms with van der Waals surface area (Å²) in [5.74, 6) is -2.63. The van der Waals surface area contributed by atoms with Crippen LogP contribution in [0.3, 0.4) is 0 Å². The summed E-state index contributed by atoms with van der Waals surface area (Å²) >= 11 is 0. The Hall–Kier alpha value is -3.88. The molecule has 2 aromatic rings. The van der Waals surface area contributed by atoms with Crippen LogP contribution in [0.15, 0.2) is 48.5 Å². The number of carbonyl (C=O) groups excluding carboxylic acids is 3. The molecule has 2 aliphatic carbocycles. The van der Waals surface area contributed by atoms with Gasteiger partial charge in [-0.15, -0.1) is 0 Å². The molecule has 0 heterocycles. The van der Waals surface area contributed by atoms with Crippen LogP contribution in [-0.2, 0) is 19.1 Å². The van der Waals surface area contributed by atoms with Crippen LogP contribution in [0.25, 0.3) is 11.1 Å². The Morgan fingerprint density at radius 3 is 2.09 bits per heavy atom. The summed E-state index contributed by atoms with van der Waals surface area (Å²) in [4.78, 5) is 47.7. The smallest absolute Gasteiger partial charge is 0.407 e. The van der Waals surface area contributed by atoms with E-state index in [2.05, 4.69) is 16.0 Å². The van der Waals surface area contributed by atoms with Crippen LogP contribution in [0, 0.1) is 5.92 Å². The highest BCUT2D eigenvalue weighted by Crippen LogP contribution is 2.44.